The van der Waals surface area contributed by atoms with Crippen molar-refractivity contribution in [3.8, 4) is 45.3 Å². The lowest BCUT2D eigenvalue weighted by Gasteiger charge is -2.16. The molecule has 5 heterocycles. The Hall–Kier alpha value is -4.32. The Labute approximate surface area is 173 Å². The SMILES string of the molecule is c1ccc(-c2nnc(-c3ccccn3)c(-c3ccccn3)c2-c2ccccn2)nc1. The summed E-state index contributed by atoms with van der Waals surface area (Å²) in [5.74, 6) is 0. The summed E-state index contributed by atoms with van der Waals surface area (Å²) in [5, 5.41) is 9.14. The normalized spacial score (nSPS) is 10.7. The van der Waals surface area contributed by atoms with Crippen LogP contribution in [0.25, 0.3) is 45.3 Å². The van der Waals surface area contributed by atoms with Gasteiger partial charge in [0.15, 0.2) is 0 Å². The molecule has 0 aliphatic rings. The lowest BCUT2D eigenvalue weighted by Crippen LogP contribution is -2.03. The van der Waals surface area contributed by atoms with Gasteiger partial charge in [0.1, 0.15) is 11.4 Å². The van der Waals surface area contributed by atoms with E-state index < -0.39 is 0 Å². The smallest absolute Gasteiger partial charge is 0.121 e. The predicted octanol–water partition coefficient (Wildman–Crippen LogP) is 4.72. The molecule has 5 aromatic rings. The third-order valence-corrected chi connectivity index (χ3v) is 4.63. The minimum absolute atomic E-state index is 0.648. The molecule has 0 N–H and O–H groups in total. The number of hydrogen-bond acceptors (Lipinski definition) is 6. The quantitative estimate of drug-likeness (QED) is 0.443. The van der Waals surface area contributed by atoms with E-state index in [0.29, 0.717) is 11.4 Å². The molecule has 6 nitrogen and oxygen atoms in total. The molecule has 0 saturated heterocycles. The second-order valence-electron chi connectivity index (χ2n) is 6.51. The van der Waals surface area contributed by atoms with Crippen LogP contribution < -0.4 is 0 Å². The third kappa shape index (κ3) is 3.31. The zero-order valence-corrected chi connectivity index (χ0v) is 15.9. The van der Waals surface area contributed by atoms with Gasteiger partial charge in [0.2, 0.25) is 0 Å². The van der Waals surface area contributed by atoms with Crippen LogP contribution in [0.15, 0.2) is 97.6 Å². The lowest BCUT2D eigenvalue weighted by atomic mass is 9.95. The van der Waals surface area contributed by atoms with Crippen molar-refractivity contribution >= 4 is 0 Å². The van der Waals surface area contributed by atoms with Crippen LogP contribution >= 0.6 is 0 Å². The zero-order valence-electron chi connectivity index (χ0n) is 15.9. The minimum Gasteiger partial charge on any atom is -0.256 e. The van der Waals surface area contributed by atoms with E-state index in [4.69, 9.17) is 0 Å². The first-order valence-corrected chi connectivity index (χ1v) is 9.48. The highest BCUT2D eigenvalue weighted by Crippen LogP contribution is 2.40. The van der Waals surface area contributed by atoms with Crippen LogP contribution in [-0.4, -0.2) is 30.1 Å². The van der Waals surface area contributed by atoms with Crippen LogP contribution in [0.5, 0.6) is 0 Å². The van der Waals surface area contributed by atoms with Crippen molar-refractivity contribution in [1.29, 1.82) is 0 Å². The topological polar surface area (TPSA) is 77.3 Å². The van der Waals surface area contributed by atoms with Gasteiger partial charge in [-0.3, -0.25) is 19.9 Å². The molecule has 0 saturated carbocycles. The average molecular weight is 388 g/mol. The van der Waals surface area contributed by atoms with E-state index in [0.717, 1.165) is 33.9 Å². The summed E-state index contributed by atoms with van der Waals surface area (Å²) in [4.78, 5) is 18.2. The summed E-state index contributed by atoms with van der Waals surface area (Å²) in [6.07, 6.45) is 7.01. The first-order valence-electron chi connectivity index (χ1n) is 9.48. The fourth-order valence-corrected chi connectivity index (χ4v) is 3.32. The zero-order chi connectivity index (χ0) is 20.2. The Balaban J connectivity index is 1.91. The van der Waals surface area contributed by atoms with E-state index >= 15 is 0 Å². The monoisotopic (exact) mass is 388 g/mol. The molecule has 5 rings (SSSR count). The van der Waals surface area contributed by atoms with Gasteiger partial charge in [-0.15, -0.1) is 10.2 Å². The fourth-order valence-electron chi connectivity index (χ4n) is 3.32. The van der Waals surface area contributed by atoms with Crippen LogP contribution in [0, 0.1) is 0 Å². The number of hydrogen-bond donors (Lipinski definition) is 0. The van der Waals surface area contributed by atoms with Gasteiger partial charge in [-0.25, -0.2) is 0 Å². The van der Waals surface area contributed by atoms with Gasteiger partial charge in [0, 0.05) is 35.9 Å². The van der Waals surface area contributed by atoms with Crippen molar-refractivity contribution < 1.29 is 0 Å². The first-order chi connectivity index (χ1) is 14.9. The fraction of sp³-hybridized carbons (Fsp3) is 0. The summed E-state index contributed by atoms with van der Waals surface area (Å²) in [6.45, 7) is 0. The van der Waals surface area contributed by atoms with Crippen LogP contribution in [0.4, 0.5) is 0 Å². The predicted molar refractivity (Wildman–Crippen MR) is 115 cm³/mol. The van der Waals surface area contributed by atoms with Crippen molar-refractivity contribution in [3.63, 3.8) is 0 Å². The van der Waals surface area contributed by atoms with E-state index in [-0.39, 0.29) is 0 Å². The maximum Gasteiger partial charge on any atom is 0.121 e. The second-order valence-corrected chi connectivity index (χ2v) is 6.51. The maximum absolute atomic E-state index is 4.61. The molecule has 0 amide bonds. The van der Waals surface area contributed by atoms with Crippen LogP contribution in [-0.2, 0) is 0 Å². The van der Waals surface area contributed by atoms with E-state index in [2.05, 4.69) is 30.1 Å². The highest BCUT2D eigenvalue weighted by atomic mass is 15.1. The average Bonchev–Trinajstić information content (AvgIpc) is 2.85. The summed E-state index contributed by atoms with van der Waals surface area (Å²) < 4.78 is 0. The van der Waals surface area contributed by atoms with Gasteiger partial charge >= 0.3 is 0 Å². The molecule has 6 heteroatoms. The second kappa shape index (κ2) is 7.97. The molecule has 0 aromatic carbocycles. The molecule has 0 aliphatic heterocycles. The molecule has 0 aliphatic carbocycles. The molecule has 0 radical (unpaired) electrons. The molecular weight excluding hydrogens is 372 g/mol. The molecule has 0 fully saturated rings. The molecule has 5 aromatic heterocycles. The van der Waals surface area contributed by atoms with E-state index in [9.17, 15) is 0 Å². The van der Waals surface area contributed by atoms with E-state index in [1.54, 1.807) is 24.8 Å². The van der Waals surface area contributed by atoms with Gasteiger partial charge in [0.25, 0.3) is 0 Å². The Morgan fingerprint density at radius 2 is 0.700 bits per heavy atom. The number of pyridine rings is 4. The molecule has 0 bridgehead atoms. The largest absolute Gasteiger partial charge is 0.256 e. The highest BCUT2D eigenvalue weighted by molar-refractivity contribution is 5.95. The minimum atomic E-state index is 0.648. The molecule has 30 heavy (non-hydrogen) atoms. The Kier molecular flexibility index (Phi) is 4.72. The number of nitrogens with zero attached hydrogens (tertiary/aromatic N) is 6. The molecule has 142 valence electrons. The van der Waals surface area contributed by atoms with Gasteiger partial charge in [-0.2, -0.15) is 0 Å². The Morgan fingerprint density at radius 1 is 0.367 bits per heavy atom. The van der Waals surface area contributed by atoms with Crippen molar-refractivity contribution in [2.75, 3.05) is 0 Å². The third-order valence-electron chi connectivity index (χ3n) is 4.63. The van der Waals surface area contributed by atoms with Crippen LogP contribution in [0.2, 0.25) is 0 Å². The van der Waals surface area contributed by atoms with Gasteiger partial charge in [-0.1, -0.05) is 24.3 Å². The lowest BCUT2D eigenvalue weighted by molar-refractivity contribution is 1.03. The number of rotatable bonds is 4. The van der Waals surface area contributed by atoms with Crippen molar-refractivity contribution in [2.45, 2.75) is 0 Å². The van der Waals surface area contributed by atoms with Crippen molar-refractivity contribution in [3.05, 3.63) is 97.6 Å². The molecule has 0 unspecified atom stereocenters. The Bertz CT molecular complexity index is 1160. The van der Waals surface area contributed by atoms with Crippen LogP contribution in [0.3, 0.4) is 0 Å². The van der Waals surface area contributed by atoms with Gasteiger partial charge in [-0.05, 0) is 48.5 Å². The van der Waals surface area contributed by atoms with Crippen molar-refractivity contribution in [2.24, 2.45) is 0 Å². The van der Waals surface area contributed by atoms with Gasteiger partial charge in [0.05, 0.1) is 22.8 Å². The summed E-state index contributed by atoms with van der Waals surface area (Å²) in [5.41, 5.74) is 5.92. The molecule has 0 atom stereocenters. The summed E-state index contributed by atoms with van der Waals surface area (Å²) >= 11 is 0. The molecular formula is C24H16N6. The highest BCUT2D eigenvalue weighted by Gasteiger charge is 2.24. The van der Waals surface area contributed by atoms with Crippen molar-refractivity contribution in [1.82, 2.24) is 30.1 Å². The summed E-state index contributed by atoms with van der Waals surface area (Å²) in [7, 11) is 0. The van der Waals surface area contributed by atoms with E-state index in [1.165, 1.54) is 0 Å². The summed E-state index contributed by atoms with van der Waals surface area (Å²) in [6, 6.07) is 23.0. The standard InChI is InChI=1S/C24H16N6/c1-5-13-25-17(9-1)21-22(18-10-2-6-14-26-18)24(20-12-4-8-16-28-20)30-29-23(21)19-11-3-7-15-27-19/h1-16H. The van der Waals surface area contributed by atoms with Gasteiger partial charge < -0.3 is 0 Å². The maximum atomic E-state index is 4.61. The van der Waals surface area contributed by atoms with E-state index in [1.807, 2.05) is 72.8 Å². The Morgan fingerprint density at radius 3 is 1.00 bits per heavy atom. The first kappa shape index (κ1) is 17.8. The number of aromatic nitrogens is 6. The van der Waals surface area contributed by atoms with Crippen LogP contribution in [0.1, 0.15) is 0 Å². The molecule has 0 spiro atoms.